The summed E-state index contributed by atoms with van der Waals surface area (Å²) >= 11 is 0. The van der Waals surface area contributed by atoms with Crippen molar-refractivity contribution in [1.29, 1.82) is 0 Å². The van der Waals surface area contributed by atoms with E-state index in [2.05, 4.69) is 30.4 Å². The molecule has 0 aliphatic carbocycles. The van der Waals surface area contributed by atoms with Crippen LogP contribution in [-0.4, -0.2) is 115 Å². The van der Waals surface area contributed by atoms with Crippen LogP contribution in [0.3, 0.4) is 0 Å². The van der Waals surface area contributed by atoms with Crippen LogP contribution in [0.5, 0.6) is 0 Å². The van der Waals surface area contributed by atoms with Crippen molar-refractivity contribution in [3.63, 3.8) is 0 Å². The van der Waals surface area contributed by atoms with Gasteiger partial charge in [-0.15, -0.1) is 0 Å². The predicted octanol–water partition coefficient (Wildman–Crippen LogP) is 6.24. The molecule has 2 aliphatic rings. The Bertz CT molecular complexity index is 1190. The number of aliphatic hydroxyl groups is 6. The van der Waals surface area contributed by atoms with Crippen LogP contribution in [0.2, 0.25) is 25.2 Å². The molecule has 3 rings (SSSR count). The Labute approximate surface area is 338 Å². The van der Waals surface area contributed by atoms with Crippen LogP contribution in [-0.2, 0) is 16.0 Å². The summed E-state index contributed by atoms with van der Waals surface area (Å²) in [6, 6.07) is 1.83. The molecular weight excluding hydrogens is 733 g/mol. The molecule has 1 aromatic rings. The molecule has 14 heteroatoms. The molecule has 3 heterocycles. The highest BCUT2D eigenvalue weighted by molar-refractivity contribution is 6.77. The molecular formula is C42H82N4O9Si. The van der Waals surface area contributed by atoms with Gasteiger partial charge in [0, 0.05) is 14.6 Å². The highest BCUT2D eigenvalue weighted by atomic mass is 28.3. The first-order valence-corrected chi connectivity index (χ1v) is 26.2. The zero-order valence-electron chi connectivity index (χ0n) is 35.4. The first kappa shape index (κ1) is 49.1. The van der Waals surface area contributed by atoms with E-state index in [0.717, 1.165) is 49.1 Å². The van der Waals surface area contributed by atoms with Crippen LogP contribution in [0, 0.1) is 5.92 Å². The lowest BCUT2D eigenvalue weighted by molar-refractivity contribution is -0.304. The lowest BCUT2D eigenvalue weighted by Crippen LogP contribution is -2.59. The number of aryl methyl sites for hydroxylation is 1. The molecule has 2 aliphatic heterocycles. The van der Waals surface area contributed by atoms with Gasteiger partial charge in [-0.3, -0.25) is 0 Å². The molecule has 0 amide bonds. The Hall–Kier alpha value is -1.23. The maximum Gasteiger partial charge on any atom is 0.364 e. The Morgan fingerprint density at radius 1 is 0.750 bits per heavy atom. The molecule has 6 N–H and O–H groups in total. The number of rotatable bonds is 31. The number of nitrogens with zero attached hydrogens (tertiary/aromatic N) is 4. The summed E-state index contributed by atoms with van der Waals surface area (Å²) in [4.78, 5) is 13.5. The smallest absolute Gasteiger partial charge is 0.364 e. The largest absolute Gasteiger partial charge is 0.394 e. The first-order valence-electron chi connectivity index (χ1n) is 22.8. The van der Waals surface area contributed by atoms with E-state index in [4.69, 9.17) is 9.47 Å². The molecule has 8 atom stereocenters. The van der Waals surface area contributed by atoms with E-state index in [9.17, 15) is 35.4 Å². The lowest BCUT2D eigenvalue weighted by Gasteiger charge is -2.40. The van der Waals surface area contributed by atoms with Crippen molar-refractivity contribution in [3.8, 4) is 0 Å². The van der Waals surface area contributed by atoms with Gasteiger partial charge in [0.2, 0.25) is 0 Å². The quantitative estimate of drug-likeness (QED) is 0.0367. The highest BCUT2D eigenvalue weighted by Crippen LogP contribution is 2.35. The van der Waals surface area contributed by atoms with Crippen molar-refractivity contribution >= 4 is 8.07 Å². The molecule has 13 nitrogen and oxygen atoms in total. The summed E-state index contributed by atoms with van der Waals surface area (Å²) in [6.07, 6.45) is 17.8. The van der Waals surface area contributed by atoms with Gasteiger partial charge in [0.25, 0.3) is 0 Å². The fraction of sp³-hybridized carbons (Fsp3) is 0.976. The third-order valence-electron chi connectivity index (χ3n) is 12.6. The Morgan fingerprint density at radius 2 is 1.29 bits per heavy atom. The standard InChI is InChI=1S/C42H82N4O9Si/c1-4-5-6-7-8-9-10-11-12-16-19-22-25-35(48)37(49)34(32-54-41-40(52)39(51)38(50)36(31-47)55-41)46-42(53)45(43-44-46)28-23-20-17-14-13-15-18-21-24-33-26-29-56(2,3)30-27-33/h33-41,47-52H,4-32H2,1-3H3/t34-,35+,36?,37-,38?,39?,40?,41?/m0/s1. The summed E-state index contributed by atoms with van der Waals surface area (Å²) in [7, 11) is -0.862. The van der Waals surface area contributed by atoms with Crippen molar-refractivity contribution in [2.24, 2.45) is 5.92 Å². The second kappa shape index (κ2) is 27.5. The molecule has 328 valence electrons. The Morgan fingerprint density at radius 3 is 1.86 bits per heavy atom. The average Bonchev–Trinajstić information content (AvgIpc) is 3.55. The monoisotopic (exact) mass is 815 g/mol. The van der Waals surface area contributed by atoms with E-state index < -0.39 is 75.9 Å². The molecule has 0 bridgehead atoms. The minimum absolute atomic E-state index is 0.318. The van der Waals surface area contributed by atoms with E-state index in [-0.39, 0.29) is 0 Å². The second-order valence-electron chi connectivity index (χ2n) is 18.0. The van der Waals surface area contributed by atoms with Crippen LogP contribution in [0.15, 0.2) is 4.79 Å². The third kappa shape index (κ3) is 17.5. The molecule has 0 saturated carbocycles. The maximum absolute atomic E-state index is 13.5. The molecule has 2 fully saturated rings. The summed E-state index contributed by atoms with van der Waals surface area (Å²) in [5.74, 6) is 0.958. The summed E-state index contributed by atoms with van der Waals surface area (Å²) in [5, 5.41) is 71.1. The molecule has 5 unspecified atom stereocenters. The van der Waals surface area contributed by atoms with Gasteiger partial charge < -0.3 is 40.1 Å². The van der Waals surface area contributed by atoms with Crippen LogP contribution in [0.1, 0.15) is 167 Å². The van der Waals surface area contributed by atoms with Crippen molar-refractivity contribution < 1.29 is 40.1 Å². The molecule has 2 saturated heterocycles. The molecule has 1 aromatic heterocycles. The van der Waals surface area contributed by atoms with Crippen LogP contribution < -0.4 is 5.69 Å². The van der Waals surface area contributed by atoms with Crippen molar-refractivity contribution in [3.05, 3.63) is 10.5 Å². The van der Waals surface area contributed by atoms with Crippen LogP contribution in [0.4, 0.5) is 0 Å². The zero-order chi connectivity index (χ0) is 40.8. The zero-order valence-corrected chi connectivity index (χ0v) is 36.4. The Kier molecular flexibility index (Phi) is 24.1. The topological polar surface area (TPSA) is 193 Å². The lowest BCUT2D eigenvalue weighted by atomic mass is 9.95. The van der Waals surface area contributed by atoms with Gasteiger partial charge in [-0.2, -0.15) is 9.36 Å². The number of aromatic nitrogens is 4. The summed E-state index contributed by atoms with van der Waals surface area (Å²) < 4.78 is 13.5. The average molecular weight is 815 g/mol. The van der Waals surface area contributed by atoms with Crippen molar-refractivity contribution in [1.82, 2.24) is 19.8 Å². The van der Waals surface area contributed by atoms with E-state index in [1.807, 2.05) is 0 Å². The molecule has 0 radical (unpaired) electrons. The highest BCUT2D eigenvalue weighted by Gasteiger charge is 2.45. The third-order valence-corrected chi connectivity index (χ3v) is 15.9. The normalized spacial score (nSPS) is 24.7. The van der Waals surface area contributed by atoms with Crippen molar-refractivity contribution in [2.45, 2.75) is 242 Å². The van der Waals surface area contributed by atoms with Gasteiger partial charge in [0.05, 0.1) is 19.3 Å². The van der Waals surface area contributed by atoms with Gasteiger partial charge in [0.1, 0.15) is 36.6 Å². The van der Waals surface area contributed by atoms with Crippen LogP contribution >= 0.6 is 0 Å². The second-order valence-corrected chi connectivity index (χ2v) is 23.3. The molecule has 56 heavy (non-hydrogen) atoms. The van der Waals surface area contributed by atoms with E-state index in [0.29, 0.717) is 19.4 Å². The minimum Gasteiger partial charge on any atom is -0.394 e. The SMILES string of the molecule is CCCCCCCCCCCCCC[C@@H](O)[C@@H](O)[C@H](COC1OC(CO)C(O)C(O)C1O)n1nnn(CCCCCCCCCCC2CC[Si](C)(C)CC2)c1=O. The number of hydrogen-bond acceptors (Lipinski definition) is 11. The number of hydrogen-bond donors (Lipinski definition) is 6. The van der Waals surface area contributed by atoms with E-state index >= 15 is 0 Å². The maximum atomic E-state index is 13.5. The number of unbranched alkanes of at least 4 members (excludes halogenated alkanes) is 18. The van der Waals surface area contributed by atoms with Gasteiger partial charge in [-0.1, -0.05) is 173 Å². The summed E-state index contributed by atoms with van der Waals surface area (Å²) in [6.45, 7) is 6.64. The predicted molar refractivity (Wildman–Crippen MR) is 222 cm³/mol. The number of ether oxygens (including phenoxy) is 2. The van der Waals surface area contributed by atoms with Gasteiger partial charge in [-0.25, -0.2) is 4.79 Å². The molecule has 0 aromatic carbocycles. The van der Waals surface area contributed by atoms with Gasteiger partial charge in [0.15, 0.2) is 6.29 Å². The van der Waals surface area contributed by atoms with E-state index in [1.54, 1.807) is 0 Å². The first-order chi connectivity index (χ1) is 27.0. The summed E-state index contributed by atoms with van der Waals surface area (Å²) in [5.41, 5.74) is -0.548. The fourth-order valence-electron chi connectivity index (χ4n) is 8.47. The number of tetrazole rings is 1. The van der Waals surface area contributed by atoms with Crippen molar-refractivity contribution in [2.75, 3.05) is 13.2 Å². The van der Waals surface area contributed by atoms with Gasteiger partial charge >= 0.3 is 5.69 Å². The fourth-order valence-corrected chi connectivity index (χ4v) is 11.1. The van der Waals surface area contributed by atoms with E-state index in [1.165, 1.54) is 120 Å². The minimum atomic E-state index is -1.65. The van der Waals surface area contributed by atoms with Gasteiger partial charge in [-0.05, 0) is 29.2 Å². The number of aliphatic hydroxyl groups excluding tert-OH is 6. The van der Waals surface area contributed by atoms with Crippen LogP contribution in [0.25, 0.3) is 0 Å². The Balaban J connectivity index is 1.44. The molecule has 0 spiro atoms.